The zero-order valence-electron chi connectivity index (χ0n) is 15.7. The van der Waals surface area contributed by atoms with Gasteiger partial charge >= 0.3 is 0 Å². The van der Waals surface area contributed by atoms with E-state index in [0.29, 0.717) is 14.8 Å². The average Bonchev–Trinajstić information content (AvgIpc) is 3.10. The molecule has 1 unspecified atom stereocenters. The molecule has 1 aliphatic rings. The Morgan fingerprint density at radius 1 is 1.20 bits per heavy atom. The van der Waals surface area contributed by atoms with Crippen LogP contribution in [0.25, 0.3) is 17.0 Å². The van der Waals surface area contributed by atoms with Crippen molar-refractivity contribution in [1.29, 1.82) is 0 Å². The largest absolute Gasteiger partial charge is 0.395 e. The van der Waals surface area contributed by atoms with E-state index >= 15 is 0 Å². The molecule has 3 N–H and O–H groups in total. The van der Waals surface area contributed by atoms with Gasteiger partial charge in [0.05, 0.1) is 22.3 Å². The zero-order valence-corrected chi connectivity index (χ0v) is 17.4. The number of benzene rings is 2. The quantitative estimate of drug-likeness (QED) is 0.581. The van der Waals surface area contributed by atoms with Crippen molar-refractivity contribution in [2.75, 3.05) is 6.61 Å². The van der Waals surface area contributed by atoms with E-state index < -0.39 is 11.3 Å². The minimum Gasteiger partial charge on any atom is -0.395 e. The van der Waals surface area contributed by atoms with Gasteiger partial charge in [-0.2, -0.15) is 4.99 Å². The number of aromatic nitrogens is 1. The molecule has 1 amide bonds. The molecule has 0 bridgehead atoms. The highest BCUT2D eigenvalue weighted by atomic mass is 32.2. The Balaban J connectivity index is 1.55. The lowest BCUT2D eigenvalue weighted by Crippen LogP contribution is -2.31. The second-order valence-corrected chi connectivity index (χ2v) is 9.11. The number of amides is 1. The molecule has 0 fully saturated rings. The lowest BCUT2D eigenvalue weighted by Gasteiger charge is -2.21. The van der Waals surface area contributed by atoms with Crippen LogP contribution in [-0.4, -0.2) is 33.0 Å². The minimum atomic E-state index is -0.629. The van der Waals surface area contributed by atoms with E-state index in [4.69, 9.17) is 5.73 Å². The van der Waals surface area contributed by atoms with Gasteiger partial charge in [0, 0.05) is 17.6 Å². The molecule has 8 heteroatoms. The predicted octanol–water partition coefficient (Wildman–Crippen LogP) is 4.14. The maximum atomic E-state index is 13.7. The summed E-state index contributed by atoms with van der Waals surface area (Å²) in [6.45, 7) is -0.270. The molecule has 2 atom stereocenters. The number of halogens is 1. The van der Waals surface area contributed by atoms with Gasteiger partial charge in [0.15, 0.2) is 0 Å². The molecule has 30 heavy (non-hydrogen) atoms. The number of hydrogen-bond donors (Lipinski definition) is 2. The molecule has 2 aromatic carbocycles. The Hall–Kier alpha value is -2.52. The summed E-state index contributed by atoms with van der Waals surface area (Å²) < 4.78 is 14.2. The predicted molar refractivity (Wildman–Crippen MR) is 122 cm³/mol. The van der Waals surface area contributed by atoms with E-state index in [-0.39, 0.29) is 18.3 Å². The molecule has 3 aromatic rings. The van der Waals surface area contributed by atoms with Gasteiger partial charge in [0.25, 0.3) is 5.91 Å². The van der Waals surface area contributed by atoms with Crippen LogP contribution in [-0.2, 0) is 4.79 Å². The maximum Gasteiger partial charge on any atom is 0.285 e. The molecular formula is C22H18FN3O2S2. The third-order valence-electron chi connectivity index (χ3n) is 4.53. The number of aliphatic hydroxyl groups excluding tert-OH is 1. The van der Waals surface area contributed by atoms with Crippen LogP contribution in [0, 0.1) is 5.82 Å². The highest BCUT2D eigenvalue weighted by Crippen LogP contribution is 2.41. The van der Waals surface area contributed by atoms with Crippen molar-refractivity contribution in [1.82, 2.24) is 4.98 Å². The molecule has 4 rings (SSSR count). The topological polar surface area (TPSA) is 88.6 Å². The third-order valence-corrected chi connectivity index (χ3v) is 7.02. The van der Waals surface area contributed by atoms with Crippen molar-refractivity contribution in [2.45, 2.75) is 11.3 Å². The number of aliphatic imine (C=N–C) groups is 1. The average molecular weight is 440 g/mol. The Morgan fingerprint density at radius 2 is 2.07 bits per heavy atom. The summed E-state index contributed by atoms with van der Waals surface area (Å²) in [5.41, 5.74) is 8.46. The fourth-order valence-corrected chi connectivity index (χ4v) is 5.38. The number of rotatable bonds is 5. The lowest BCUT2D eigenvalue weighted by molar-refractivity contribution is -0.113. The van der Waals surface area contributed by atoms with Gasteiger partial charge in [-0.3, -0.25) is 9.78 Å². The summed E-state index contributed by atoms with van der Waals surface area (Å²) in [5.74, 6) is -0.712. The molecule has 0 aliphatic carbocycles. The van der Waals surface area contributed by atoms with Crippen LogP contribution in [0.15, 0.2) is 70.7 Å². The van der Waals surface area contributed by atoms with E-state index in [0.717, 1.165) is 16.5 Å². The van der Waals surface area contributed by atoms with E-state index in [1.807, 2.05) is 30.3 Å². The van der Waals surface area contributed by atoms with E-state index in [1.165, 1.54) is 35.7 Å². The molecular weight excluding hydrogens is 421 g/mol. The molecule has 2 heterocycles. The normalized spacial score (nSPS) is 17.4. The van der Waals surface area contributed by atoms with Crippen molar-refractivity contribution in [3.8, 4) is 0 Å². The minimum absolute atomic E-state index is 0.270. The van der Waals surface area contributed by atoms with Gasteiger partial charge in [0.1, 0.15) is 10.2 Å². The highest BCUT2D eigenvalue weighted by molar-refractivity contribution is 8.41. The summed E-state index contributed by atoms with van der Waals surface area (Å²) in [5, 5.41) is 10.1. The molecule has 0 radical (unpaired) electrons. The van der Waals surface area contributed by atoms with Gasteiger partial charge in [0.2, 0.25) is 0 Å². The van der Waals surface area contributed by atoms with Gasteiger partial charge < -0.3 is 10.8 Å². The highest BCUT2D eigenvalue weighted by Gasteiger charge is 2.28. The van der Waals surface area contributed by atoms with Crippen LogP contribution in [0.1, 0.15) is 16.4 Å². The summed E-state index contributed by atoms with van der Waals surface area (Å²) in [7, 11) is 0. The Labute approximate surface area is 181 Å². The third kappa shape index (κ3) is 4.62. The maximum absolute atomic E-state index is 13.7. The molecule has 0 saturated carbocycles. The fraction of sp³-hybridized carbons (Fsp3) is 0.136. The molecule has 1 aromatic heterocycles. The van der Waals surface area contributed by atoms with Gasteiger partial charge in [-0.25, -0.2) is 4.39 Å². The van der Waals surface area contributed by atoms with Crippen LogP contribution < -0.4 is 5.73 Å². The molecule has 152 valence electrons. The number of nitrogens with two attached hydrogens (primary N) is 1. The van der Waals surface area contributed by atoms with Gasteiger partial charge in [-0.05, 0) is 47.5 Å². The molecule has 0 spiro atoms. The first kappa shape index (κ1) is 20.7. The SMILES string of the molecule is N[C@H](CO)C(SC1=NC(=O)C(=Cc2ccc3ncccc3c2)S1)c1cccc(F)c1. The van der Waals surface area contributed by atoms with Crippen LogP contribution >= 0.6 is 23.5 Å². The Kier molecular flexibility index (Phi) is 6.29. The summed E-state index contributed by atoms with van der Waals surface area (Å²) in [6.07, 6.45) is 3.53. The Morgan fingerprint density at radius 3 is 2.87 bits per heavy atom. The molecule has 5 nitrogen and oxygen atoms in total. The van der Waals surface area contributed by atoms with E-state index in [9.17, 15) is 14.3 Å². The first-order valence-electron chi connectivity index (χ1n) is 9.19. The number of aliphatic hydroxyl groups is 1. The van der Waals surface area contributed by atoms with Gasteiger partial charge in [-0.1, -0.05) is 47.8 Å². The van der Waals surface area contributed by atoms with E-state index in [1.54, 1.807) is 24.4 Å². The van der Waals surface area contributed by atoms with Crippen molar-refractivity contribution in [3.63, 3.8) is 0 Å². The summed E-state index contributed by atoms with van der Waals surface area (Å²) in [6, 6.07) is 15.0. The summed E-state index contributed by atoms with van der Waals surface area (Å²) in [4.78, 5) is 21.3. The number of carbonyl (C=O) groups excluding carboxylic acids is 1. The first-order valence-corrected chi connectivity index (χ1v) is 10.9. The number of pyridine rings is 1. The second-order valence-electron chi connectivity index (χ2n) is 6.69. The van der Waals surface area contributed by atoms with Crippen LogP contribution in [0.4, 0.5) is 4.39 Å². The van der Waals surface area contributed by atoms with E-state index in [2.05, 4.69) is 9.98 Å². The van der Waals surface area contributed by atoms with Crippen molar-refractivity contribution in [3.05, 3.63) is 82.6 Å². The van der Waals surface area contributed by atoms with Crippen molar-refractivity contribution in [2.24, 2.45) is 10.7 Å². The Bertz CT molecular complexity index is 1170. The molecule has 1 aliphatic heterocycles. The number of nitrogens with zero attached hydrogens (tertiary/aromatic N) is 2. The van der Waals surface area contributed by atoms with Crippen LogP contribution in [0.5, 0.6) is 0 Å². The second kappa shape index (κ2) is 9.09. The standard InChI is InChI=1S/C22H18FN3O2S2/c23-16-5-1-3-15(11-16)20(17(24)12-27)30-22-26-21(28)19(29-22)10-13-6-7-18-14(9-13)4-2-8-25-18/h1-11,17,20,27H,12,24H2/t17-,20?/m1/s1. The van der Waals surface area contributed by atoms with Crippen molar-refractivity contribution >= 4 is 50.8 Å². The summed E-state index contributed by atoms with van der Waals surface area (Å²) >= 11 is 2.51. The number of fused-ring (bicyclic) bond motifs is 1. The number of carbonyl (C=O) groups is 1. The lowest BCUT2D eigenvalue weighted by atomic mass is 10.1. The smallest absolute Gasteiger partial charge is 0.285 e. The van der Waals surface area contributed by atoms with Crippen LogP contribution in [0.3, 0.4) is 0 Å². The fourth-order valence-electron chi connectivity index (χ4n) is 3.07. The monoisotopic (exact) mass is 439 g/mol. The van der Waals surface area contributed by atoms with Gasteiger partial charge in [-0.15, -0.1) is 0 Å². The first-order chi connectivity index (χ1) is 14.5. The number of hydrogen-bond acceptors (Lipinski definition) is 6. The number of thioether (sulfide) groups is 2. The van der Waals surface area contributed by atoms with Crippen molar-refractivity contribution < 1.29 is 14.3 Å². The molecule has 0 saturated heterocycles. The zero-order chi connectivity index (χ0) is 21.1. The van der Waals surface area contributed by atoms with Crippen LogP contribution in [0.2, 0.25) is 0 Å².